The molecule has 1 aromatic rings. The number of nitrogens with one attached hydrogen (secondary N) is 1. The molecule has 1 N–H and O–H groups in total. The van der Waals surface area contributed by atoms with Crippen LogP contribution >= 0.6 is 34.8 Å². The van der Waals surface area contributed by atoms with Crippen LogP contribution in [-0.2, 0) is 49.4 Å². The second kappa shape index (κ2) is 15.6. The number of ether oxygens (including phenoxy) is 7. The SMILES string of the molecule is CC(=O)OCC1OC(OC(=N)C(Cl)(Cl)Cl)C(N=[N+]=[N-])[C@@H](C)[C@@H]1O[C@@H]1OC(C)[C@@H](C)[C@@H](OCc2ccccc2)C1OC(C)=O. The van der Waals surface area contributed by atoms with Gasteiger partial charge in [-0.05, 0) is 23.9 Å². The molecule has 43 heavy (non-hydrogen) atoms. The van der Waals surface area contributed by atoms with Gasteiger partial charge in [0.15, 0.2) is 12.4 Å². The lowest BCUT2D eigenvalue weighted by atomic mass is 9.88. The van der Waals surface area contributed by atoms with Crippen LogP contribution in [0, 0.1) is 17.2 Å². The van der Waals surface area contributed by atoms with Gasteiger partial charge in [0, 0.05) is 24.7 Å². The van der Waals surface area contributed by atoms with Crippen LogP contribution in [0.5, 0.6) is 0 Å². The molecule has 238 valence electrons. The summed E-state index contributed by atoms with van der Waals surface area (Å²) in [5.74, 6) is -2.84. The van der Waals surface area contributed by atoms with Gasteiger partial charge in [-0.3, -0.25) is 15.0 Å². The number of alkyl halides is 3. The number of carbonyl (C=O) groups excluding carboxylic acids is 2. The van der Waals surface area contributed by atoms with E-state index in [1.54, 1.807) is 6.92 Å². The van der Waals surface area contributed by atoms with Crippen molar-refractivity contribution >= 4 is 52.6 Å². The molecule has 0 bridgehead atoms. The van der Waals surface area contributed by atoms with Gasteiger partial charge < -0.3 is 33.2 Å². The number of esters is 2. The lowest BCUT2D eigenvalue weighted by molar-refractivity contribution is -0.332. The van der Waals surface area contributed by atoms with Gasteiger partial charge in [0.1, 0.15) is 24.9 Å². The van der Waals surface area contributed by atoms with Gasteiger partial charge in [-0.1, -0.05) is 84.1 Å². The third-order valence-electron chi connectivity index (χ3n) is 7.22. The van der Waals surface area contributed by atoms with Crippen molar-refractivity contribution in [3.05, 3.63) is 46.3 Å². The first-order chi connectivity index (χ1) is 20.2. The van der Waals surface area contributed by atoms with Crippen LogP contribution in [0.3, 0.4) is 0 Å². The van der Waals surface area contributed by atoms with Crippen molar-refractivity contribution in [2.45, 2.75) is 94.2 Å². The van der Waals surface area contributed by atoms with Crippen molar-refractivity contribution in [1.82, 2.24) is 0 Å². The summed E-state index contributed by atoms with van der Waals surface area (Å²) in [6, 6.07) is 8.43. The quantitative estimate of drug-likeness (QED) is 0.0668. The molecular formula is C27H35Cl3N4O9. The molecule has 0 radical (unpaired) electrons. The second-order valence-electron chi connectivity index (χ2n) is 10.3. The van der Waals surface area contributed by atoms with E-state index < -0.39 is 76.7 Å². The van der Waals surface area contributed by atoms with E-state index >= 15 is 0 Å². The number of nitrogens with zero attached hydrogens (tertiary/aromatic N) is 3. The molecule has 1 aromatic carbocycles. The Morgan fingerprint density at radius 2 is 1.65 bits per heavy atom. The molecule has 2 saturated heterocycles. The van der Waals surface area contributed by atoms with Crippen molar-refractivity contribution in [3.8, 4) is 0 Å². The van der Waals surface area contributed by atoms with Gasteiger partial charge >= 0.3 is 11.9 Å². The van der Waals surface area contributed by atoms with E-state index in [4.69, 9.17) is 73.4 Å². The second-order valence-corrected chi connectivity index (χ2v) is 12.6. The molecule has 10 atom stereocenters. The maximum Gasteiger partial charge on any atom is 0.303 e. The van der Waals surface area contributed by atoms with Crippen LogP contribution in [0.1, 0.15) is 40.2 Å². The fourth-order valence-corrected chi connectivity index (χ4v) is 5.02. The molecule has 5 unspecified atom stereocenters. The molecule has 0 saturated carbocycles. The normalized spacial score (nSPS) is 32.7. The lowest BCUT2D eigenvalue weighted by Crippen LogP contribution is -2.61. The molecule has 2 aliphatic rings. The van der Waals surface area contributed by atoms with Crippen LogP contribution in [0.4, 0.5) is 0 Å². The summed E-state index contributed by atoms with van der Waals surface area (Å²) in [4.78, 5) is 26.8. The van der Waals surface area contributed by atoms with E-state index in [1.807, 2.05) is 44.2 Å². The van der Waals surface area contributed by atoms with Gasteiger partial charge in [0.05, 0.1) is 18.8 Å². The van der Waals surface area contributed by atoms with Crippen molar-refractivity contribution in [3.63, 3.8) is 0 Å². The highest BCUT2D eigenvalue weighted by Crippen LogP contribution is 2.38. The molecule has 2 fully saturated rings. The molecule has 2 heterocycles. The number of hydrogen-bond donors (Lipinski definition) is 1. The van der Waals surface area contributed by atoms with Crippen LogP contribution < -0.4 is 0 Å². The maximum atomic E-state index is 12.2. The minimum Gasteiger partial charge on any atom is -0.463 e. The molecule has 0 aromatic heterocycles. The maximum absolute atomic E-state index is 12.2. The molecule has 0 spiro atoms. The average molecular weight is 666 g/mol. The fourth-order valence-electron chi connectivity index (χ4n) is 4.88. The topological polar surface area (TPSA) is 171 Å². The van der Waals surface area contributed by atoms with Crippen molar-refractivity contribution in [2.24, 2.45) is 17.0 Å². The Balaban J connectivity index is 1.93. The third-order valence-corrected chi connectivity index (χ3v) is 7.73. The minimum absolute atomic E-state index is 0.202. The summed E-state index contributed by atoms with van der Waals surface area (Å²) >= 11 is 17.3. The average Bonchev–Trinajstić information content (AvgIpc) is 2.93. The van der Waals surface area contributed by atoms with E-state index in [2.05, 4.69) is 10.0 Å². The molecule has 3 rings (SSSR count). The molecule has 0 aliphatic carbocycles. The Bertz CT molecular complexity index is 1170. The summed E-state index contributed by atoms with van der Waals surface area (Å²) in [6.07, 6.45) is -6.57. The number of halogens is 3. The Kier molecular flexibility index (Phi) is 12.7. The predicted octanol–water partition coefficient (Wildman–Crippen LogP) is 5.24. The molecule has 2 aliphatic heterocycles. The first-order valence-corrected chi connectivity index (χ1v) is 14.6. The van der Waals surface area contributed by atoms with E-state index in [1.165, 1.54) is 13.8 Å². The largest absolute Gasteiger partial charge is 0.463 e. The minimum atomic E-state index is -2.22. The highest BCUT2D eigenvalue weighted by molar-refractivity contribution is 6.76. The van der Waals surface area contributed by atoms with E-state index in [0.717, 1.165) is 5.56 Å². The Morgan fingerprint density at radius 3 is 2.23 bits per heavy atom. The zero-order valence-corrected chi connectivity index (χ0v) is 26.5. The predicted molar refractivity (Wildman–Crippen MR) is 155 cm³/mol. The summed E-state index contributed by atoms with van der Waals surface area (Å²) in [7, 11) is 0. The van der Waals surface area contributed by atoms with E-state index in [0.29, 0.717) is 0 Å². The third kappa shape index (κ3) is 9.57. The van der Waals surface area contributed by atoms with Crippen LogP contribution in [0.25, 0.3) is 10.4 Å². The summed E-state index contributed by atoms with van der Waals surface area (Å²) < 4.78 is 39.0. The zero-order valence-electron chi connectivity index (χ0n) is 24.2. The highest BCUT2D eigenvalue weighted by Gasteiger charge is 2.52. The Hall–Kier alpha value is -2.35. The Morgan fingerprint density at radius 1 is 0.977 bits per heavy atom. The molecule has 16 heteroatoms. The zero-order chi connectivity index (χ0) is 31.9. The van der Waals surface area contributed by atoms with Gasteiger partial charge in [0.2, 0.25) is 12.2 Å². The van der Waals surface area contributed by atoms with Crippen molar-refractivity contribution < 1.29 is 42.7 Å². The first kappa shape index (κ1) is 35.1. The van der Waals surface area contributed by atoms with Gasteiger partial charge in [0.25, 0.3) is 3.79 Å². The van der Waals surface area contributed by atoms with Gasteiger partial charge in [-0.25, -0.2) is 0 Å². The number of rotatable bonds is 10. The first-order valence-electron chi connectivity index (χ1n) is 13.5. The van der Waals surface area contributed by atoms with Crippen molar-refractivity contribution in [2.75, 3.05) is 6.61 Å². The number of hydrogen-bond acceptors (Lipinski definition) is 11. The fraction of sp³-hybridized carbons (Fsp3) is 0.667. The monoisotopic (exact) mass is 664 g/mol. The summed E-state index contributed by atoms with van der Waals surface area (Å²) in [6.45, 7) is 7.87. The van der Waals surface area contributed by atoms with Gasteiger partial charge in [-0.15, -0.1) is 0 Å². The van der Waals surface area contributed by atoms with Crippen LogP contribution in [0.2, 0.25) is 0 Å². The van der Waals surface area contributed by atoms with Crippen LogP contribution in [-0.4, -0.2) is 77.4 Å². The number of carbonyl (C=O) groups is 2. The Labute approximate surface area is 264 Å². The van der Waals surface area contributed by atoms with E-state index in [9.17, 15) is 15.1 Å². The smallest absolute Gasteiger partial charge is 0.303 e. The van der Waals surface area contributed by atoms with Crippen LogP contribution in [0.15, 0.2) is 35.4 Å². The lowest BCUT2D eigenvalue weighted by Gasteiger charge is -2.48. The number of benzene rings is 1. The summed E-state index contributed by atoms with van der Waals surface area (Å²) in [5, 5.41) is 11.8. The van der Waals surface area contributed by atoms with E-state index in [-0.39, 0.29) is 19.1 Å². The molecule has 13 nitrogen and oxygen atoms in total. The molecular weight excluding hydrogens is 631 g/mol. The number of azide groups is 1. The van der Waals surface area contributed by atoms with Gasteiger partial charge in [-0.2, -0.15) is 0 Å². The summed E-state index contributed by atoms with van der Waals surface area (Å²) in [5.41, 5.74) is 10.2. The van der Waals surface area contributed by atoms with Crippen molar-refractivity contribution in [1.29, 1.82) is 5.41 Å². The molecule has 0 amide bonds. The standard InChI is InChI=1S/C27H35Cl3N4O9/c1-13-15(3)39-25(23(40-17(5)36)22(13)38-11-18-9-7-6-8-10-18)42-21-14(2)20(33-34-32)24(43-26(31)27(28,29)30)41-19(21)12-37-16(4)35/h6-10,13-15,19-25,31H,11-12H2,1-5H3/t13-,14-,15?,19?,20?,21+,22-,23?,24?,25+/m1/s1. The highest BCUT2D eigenvalue weighted by atomic mass is 35.6.